The van der Waals surface area contributed by atoms with Gasteiger partial charge in [0.1, 0.15) is 0 Å². The van der Waals surface area contributed by atoms with E-state index in [1.807, 2.05) is 10.9 Å². The molecule has 0 bridgehead atoms. The summed E-state index contributed by atoms with van der Waals surface area (Å²) in [5, 5.41) is 7.82. The number of amides is 1. The largest absolute Gasteiger partial charge is 0.345 e. The molecule has 0 unspecified atom stereocenters. The van der Waals surface area contributed by atoms with Crippen molar-refractivity contribution in [2.24, 2.45) is 0 Å². The Balaban J connectivity index is 1.65. The number of carbonyl (C=O) groups is 1. The number of rotatable bonds is 3. The summed E-state index contributed by atoms with van der Waals surface area (Å²) in [6.07, 6.45) is 8.13. The van der Waals surface area contributed by atoms with Crippen LogP contribution >= 0.6 is 0 Å². The lowest BCUT2D eigenvalue weighted by Crippen LogP contribution is -2.31. The quantitative estimate of drug-likeness (QED) is 0.787. The van der Waals surface area contributed by atoms with E-state index in [2.05, 4.69) is 47.4 Å². The van der Waals surface area contributed by atoms with Crippen molar-refractivity contribution >= 4 is 5.91 Å². The van der Waals surface area contributed by atoms with Gasteiger partial charge in [0.05, 0.1) is 17.9 Å². The van der Waals surface area contributed by atoms with Crippen LogP contribution in [0.1, 0.15) is 51.6 Å². The van der Waals surface area contributed by atoms with Gasteiger partial charge in [-0.15, -0.1) is 0 Å². The van der Waals surface area contributed by atoms with Crippen LogP contribution < -0.4 is 5.32 Å². The molecule has 1 aliphatic carbocycles. The molecule has 1 amide bonds. The van der Waals surface area contributed by atoms with Gasteiger partial charge in [-0.3, -0.25) is 9.78 Å². The van der Waals surface area contributed by atoms with Crippen LogP contribution in [-0.4, -0.2) is 20.7 Å². The van der Waals surface area contributed by atoms with Crippen molar-refractivity contribution in [3.63, 3.8) is 0 Å². The number of aryl methyl sites for hydroxylation is 1. The molecule has 5 nitrogen and oxygen atoms in total. The molecular formula is C21H22N4O. The normalized spacial score (nSPS) is 16.2. The predicted octanol–water partition coefficient (Wildman–Crippen LogP) is 3.69. The molecule has 1 aliphatic rings. The third-order valence-electron chi connectivity index (χ3n) is 5.24. The van der Waals surface area contributed by atoms with Gasteiger partial charge < -0.3 is 5.32 Å². The van der Waals surface area contributed by atoms with E-state index in [1.54, 1.807) is 24.5 Å². The fourth-order valence-corrected chi connectivity index (χ4v) is 3.62. The molecule has 4 rings (SSSR count). The summed E-state index contributed by atoms with van der Waals surface area (Å²) in [5.74, 6) is -0.0651. The molecule has 2 heterocycles. The van der Waals surface area contributed by atoms with Gasteiger partial charge >= 0.3 is 0 Å². The molecule has 1 aromatic carbocycles. The van der Waals surface area contributed by atoms with Crippen LogP contribution in [0, 0.1) is 13.8 Å². The third kappa shape index (κ3) is 2.90. The van der Waals surface area contributed by atoms with Crippen LogP contribution in [0.25, 0.3) is 5.69 Å². The minimum absolute atomic E-state index is 0.00159. The number of nitrogens with one attached hydrogen (secondary N) is 1. The first kappa shape index (κ1) is 16.5. The fraction of sp³-hybridized carbons (Fsp3) is 0.286. The van der Waals surface area contributed by atoms with Crippen LogP contribution in [0.4, 0.5) is 0 Å². The fourth-order valence-electron chi connectivity index (χ4n) is 3.62. The van der Waals surface area contributed by atoms with E-state index in [9.17, 15) is 4.79 Å². The van der Waals surface area contributed by atoms with E-state index in [0.717, 1.165) is 30.5 Å². The highest BCUT2D eigenvalue weighted by Crippen LogP contribution is 2.32. The predicted molar refractivity (Wildman–Crippen MR) is 100 cm³/mol. The highest BCUT2D eigenvalue weighted by molar-refractivity contribution is 5.94. The van der Waals surface area contributed by atoms with Crippen molar-refractivity contribution in [2.45, 2.75) is 39.2 Å². The second-order valence-corrected chi connectivity index (χ2v) is 6.83. The van der Waals surface area contributed by atoms with E-state index in [0.29, 0.717) is 5.56 Å². The number of hydrogen-bond acceptors (Lipinski definition) is 3. The summed E-state index contributed by atoms with van der Waals surface area (Å²) in [5.41, 5.74) is 6.57. The second-order valence-electron chi connectivity index (χ2n) is 6.83. The Morgan fingerprint density at radius 1 is 1.19 bits per heavy atom. The van der Waals surface area contributed by atoms with Crippen LogP contribution in [0.3, 0.4) is 0 Å². The maximum absolute atomic E-state index is 12.5. The Labute approximate surface area is 153 Å². The summed E-state index contributed by atoms with van der Waals surface area (Å²) in [6, 6.07) is 9.76. The second kappa shape index (κ2) is 6.75. The maximum atomic E-state index is 12.5. The Morgan fingerprint density at radius 2 is 2.00 bits per heavy atom. The zero-order chi connectivity index (χ0) is 18.1. The third-order valence-corrected chi connectivity index (χ3v) is 5.24. The van der Waals surface area contributed by atoms with Gasteiger partial charge in [-0.05, 0) is 62.4 Å². The van der Waals surface area contributed by atoms with Gasteiger partial charge in [-0.1, -0.05) is 12.1 Å². The SMILES string of the molecule is Cc1cccc(-n2ncc3c2CCC[C@@H]3NC(=O)c2ccncc2)c1C. The van der Waals surface area contributed by atoms with E-state index < -0.39 is 0 Å². The first-order valence-electron chi connectivity index (χ1n) is 8.99. The number of nitrogens with zero attached hydrogens (tertiary/aromatic N) is 3. The van der Waals surface area contributed by atoms with Crippen molar-refractivity contribution in [3.05, 3.63) is 76.9 Å². The monoisotopic (exact) mass is 346 g/mol. The van der Waals surface area contributed by atoms with E-state index >= 15 is 0 Å². The zero-order valence-electron chi connectivity index (χ0n) is 15.1. The van der Waals surface area contributed by atoms with Gasteiger partial charge in [0.15, 0.2) is 0 Å². The van der Waals surface area contributed by atoms with Crippen LogP contribution in [0.15, 0.2) is 48.9 Å². The van der Waals surface area contributed by atoms with Gasteiger partial charge in [0.25, 0.3) is 5.91 Å². The molecule has 1 N–H and O–H groups in total. The van der Waals surface area contributed by atoms with E-state index in [1.165, 1.54) is 16.8 Å². The Hall–Kier alpha value is -2.95. The van der Waals surface area contributed by atoms with Crippen LogP contribution in [0.2, 0.25) is 0 Å². The molecular weight excluding hydrogens is 324 g/mol. The average Bonchev–Trinajstić information content (AvgIpc) is 3.10. The van der Waals surface area contributed by atoms with Gasteiger partial charge in [-0.25, -0.2) is 4.68 Å². The van der Waals surface area contributed by atoms with E-state index in [4.69, 9.17) is 0 Å². The summed E-state index contributed by atoms with van der Waals surface area (Å²) >= 11 is 0. The molecule has 0 saturated heterocycles. The minimum atomic E-state index is -0.0651. The molecule has 0 radical (unpaired) electrons. The molecule has 3 aromatic rings. The number of carbonyl (C=O) groups excluding carboxylic acids is 1. The number of hydrogen-bond donors (Lipinski definition) is 1. The average molecular weight is 346 g/mol. The number of aromatic nitrogens is 3. The summed E-state index contributed by atoms with van der Waals surface area (Å²) in [4.78, 5) is 16.5. The van der Waals surface area contributed by atoms with Gasteiger partial charge in [0, 0.05) is 29.2 Å². The Morgan fingerprint density at radius 3 is 2.81 bits per heavy atom. The lowest BCUT2D eigenvalue weighted by Gasteiger charge is -2.24. The number of pyridine rings is 1. The standard InChI is InChI=1S/C21H22N4O/c1-14-5-3-7-19(15(14)2)25-20-8-4-6-18(17(20)13-23-25)24-21(26)16-9-11-22-12-10-16/h3,5,7,9-13,18H,4,6,8H2,1-2H3,(H,24,26)/t18-/m0/s1. The smallest absolute Gasteiger partial charge is 0.251 e. The van der Waals surface area contributed by atoms with Gasteiger partial charge in [-0.2, -0.15) is 5.10 Å². The zero-order valence-corrected chi connectivity index (χ0v) is 15.1. The molecule has 0 saturated carbocycles. The highest BCUT2D eigenvalue weighted by atomic mass is 16.1. The topological polar surface area (TPSA) is 59.8 Å². The van der Waals surface area contributed by atoms with Crippen molar-refractivity contribution in [3.8, 4) is 5.69 Å². The molecule has 132 valence electrons. The molecule has 5 heteroatoms. The van der Waals surface area contributed by atoms with Crippen LogP contribution in [-0.2, 0) is 6.42 Å². The summed E-state index contributed by atoms with van der Waals surface area (Å²) in [6.45, 7) is 4.25. The minimum Gasteiger partial charge on any atom is -0.345 e. The molecule has 26 heavy (non-hydrogen) atoms. The molecule has 1 atom stereocenters. The molecule has 0 aliphatic heterocycles. The van der Waals surface area contributed by atoms with Crippen molar-refractivity contribution < 1.29 is 4.79 Å². The lowest BCUT2D eigenvalue weighted by molar-refractivity contribution is 0.0932. The van der Waals surface area contributed by atoms with Crippen LogP contribution in [0.5, 0.6) is 0 Å². The highest BCUT2D eigenvalue weighted by Gasteiger charge is 2.26. The Kier molecular flexibility index (Phi) is 4.29. The Bertz CT molecular complexity index is 946. The molecule has 0 fully saturated rings. The van der Waals surface area contributed by atoms with Crippen molar-refractivity contribution in [1.82, 2.24) is 20.1 Å². The number of benzene rings is 1. The van der Waals surface area contributed by atoms with E-state index in [-0.39, 0.29) is 11.9 Å². The van der Waals surface area contributed by atoms with Crippen molar-refractivity contribution in [2.75, 3.05) is 0 Å². The number of fused-ring (bicyclic) bond motifs is 1. The first-order valence-corrected chi connectivity index (χ1v) is 8.99. The van der Waals surface area contributed by atoms with Crippen molar-refractivity contribution in [1.29, 1.82) is 0 Å². The summed E-state index contributed by atoms with van der Waals surface area (Å²) in [7, 11) is 0. The summed E-state index contributed by atoms with van der Waals surface area (Å²) < 4.78 is 2.04. The van der Waals surface area contributed by atoms with Gasteiger partial charge in [0.2, 0.25) is 0 Å². The molecule has 2 aromatic heterocycles. The lowest BCUT2D eigenvalue weighted by atomic mass is 9.92. The molecule has 0 spiro atoms. The maximum Gasteiger partial charge on any atom is 0.251 e. The first-order chi connectivity index (χ1) is 12.6.